The Bertz CT molecular complexity index is 508. The Hall–Kier alpha value is -2.37. The summed E-state index contributed by atoms with van der Waals surface area (Å²) in [5.41, 5.74) is 6.70. The molecule has 4 N–H and O–H groups in total. The van der Waals surface area contributed by atoms with Crippen molar-refractivity contribution in [1.29, 1.82) is 0 Å². The third-order valence-corrected chi connectivity index (χ3v) is 2.39. The predicted octanol–water partition coefficient (Wildman–Crippen LogP) is 0.878. The van der Waals surface area contributed by atoms with Crippen LogP contribution in [0.2, 0.25) is 0 Å². The van der Waals surface area contributed by atoms with Gasteiger partial charge in [-0.05, 0) is 19.1 Å². The van der Waals surface area contributed by atoms with E-state index >= 15 is 0 Å². The fourth-order valence-corrected chi connectivity index (χ4v) is 1.46. The van der Waals surface area contributed by atoms with E-state index in [-0.39, 0.29) is 17.8 Å². The summed E-state index contributed by atoms with van der Waals surface area (Å²) in [6.07, 6.45) is 3.08. The molecule has 0 aliphatic heterocycles. The number of amides is 1. The summed E-state index contributed by atoms with van der Waals surface area (Å²) in [5, 5.41) is 9.01. The maximum absolute atomic E-state index is 11.8. The van der Waals surface area contributed by atoms with Gasteiger partial charge in [-0.15, -0.1) is 0 Å². The van der Waals surface area contributed by atoms with Crippen LogP contribution in [0.4, 0.5) is 5.82 Å². The molecule has 0 bridgehead atoms. The molecule has 6 heteroatoms. The van der Waals surface area contributed by atoms with Crippen molar-refractivity contribution in [1.82, 2.24) is 20.5 Å². The molecule has 2 aromatic rings. The van der Waals surface area contributed by atoms with Crippen LogP contribution in [-0.2, 0) is 0 Å². The minimum atomic E-state index is -0.269. The number of rotatable bonds is 3. The zero-order chi connectivity index (χ0) is 12.3. The van der Waals surface area contributed by atoms with Gasteiger partial charge in [0.05, 0.1) is 17.9 Å². The second-order valence-electron chi connectivity index (χ2n) is 3.65. The largest absolute Gasteiger partial charge is 0.383 e. The number of carbonyl (C=O) groups is 1. The second-order valence-corrected chi connectivity index (χ2v) is 3.65. The minimum absolute atomic E-state index is 0.182. The van der Waals surface area contributed by atoms with Crippen LogP contribution in [0, 0.1) is 0 Å². The number of nitrogens with one attached hydrogen (secondary N) is 2. The molecule has 1 atom stereocenters. The molecule has 2 heterocycles. The molecule has 0 spiro atoms. The zero-order valence-electron chi connectivity index (χ0n) is 9.34. The lowest BCUT2D eigenvalue weighted by molar-refractivity contribution is 0.0940. The second kappa shape index (κ2) is 4.65. The molecule has 0 saturated carbocycles. The van der Waals surface area contributed by atoms with Gasteiger partial charge >= 0.3 is 0 Å². The van der Waals surface area contributed by atoms with Crippen LogP contribution in [0.5, 0.6) is 0 Å². The molecule has 6 nitrogen and oxygen atoms in total. The normalized spacial score (nSPS) is 12.1. The highest BCUT2D eigenvalue weighted by molar-refractivity contribution is 5.98. The number of pyridine rings is 1. The molecule has 0 aliphatic carbocycles. The number of aromatic nitrogens is 3. The van der Waals surface area contributed by atoms with Crippen molar-refractivity contribution in [3.8, 4) is 0 Å². The number of carbonyl (C=O) groups excluding carboxylic acids is 1. The predicted molar refractivity (Wildman–Crippen MR) is 63.1 cm³/mol. The summed E-state index contributed by atoms with van der Waals surface area (Å²) in [7, 11) is 0. The Balaban J connectivity index is 2.08. The first kappa shape index (κ1) is 11.1. The molecule has 2 aromatic heterocycles. The molecule has 1 amide bonds. The van der Waals surface area contributed by atoms with Gasteiger partial charge in [-0.1, -0.05) is 6.07 Å². The third-order valence-electron chi connectivity index (χ3n) is 2.39. The molecule has 0 radical (unpaired) electrons. The van der Waals surface area contributed by atoms with E-state index in [2.05, 4.69) is 20.5 Å². The van der Waals surface area contributed by atoms with Crippen molar-refractivity contribution in [2.45, 2.75) is 13.0 Å². The Morgan fingerprint density at radius 3 is 2.94 bits per heavy atom. The van der Waals surface area contributed by atoms with Crippen LogP contribution < -0.4 is 11.1 Å². The fourth-order valence-electron chi connectivity index (χ4n) is 1.46. The first-order chi connectivity index (χ1) is 8.18. The molecule has 88 valence electrons. The quantitative estimate of drug-likeness (QED) is 0.730. The van der Waals surface area contributed by atoms with Crippen molar-refractivity contribution in [3.63, 3.8) is 0 Å². The highest BCUT2D eigenvalue weighted by Gasteiger charge is 2.15. The van der Waals surface area contributed by atoms with Crippen LogP contribution in [-0.4, -0.2) is 21.1 Å². The lowest BCUT2D eigenvalue weighted by atomic mass is 10.2. The van der Waals surface area contributed by atoms with Crippen LogP contribution in [0.25, 0.3) is 0 Å². The average molecular weight is 231 g/mol. The van der Waals surface area contributed by atoms with Gasteiger partial charge in [0, 0.05) is 6.20 Å². The van der Waals surface area contributed by atoms with Crippen molar-refractivity contribution in [2.75, 3.05) is 5.73 Å². The van der Waals surface area contributed by atoms with E-state index in [1.54, 1.807) is 6.20 Å². The summed E-state index contributed by atoms with van der Waals surface area (Å²) >= 11 is 0. The summed E-state index contributed by atoms with van der Waals surface area (Å²) in [4.78, 5) is 16.0. The monoisotopic (exact) mass is 231 g/mol. The number of hydrogen-bond acceptors (Lipinski definition) is 4. The van der Waals surface area contributed by atoms with Gasteiger partial charge in [0.2, 0.25) is 0 Å². The number of nitrogen functional groups attached to an aromatic ring is 1. The minimum Gasteiger partial charge on any atom is -0.383 e. The maximum atomic E-state index is 11.8. The van der Waals surface area contributed by atoms with Crippen LogP contribution in [0.1, 0.15) is 29.0 Å². The number of aromatic amines is 1. The average Bonchev–Trinajstić information content (AvgIpc) is 2.76. The Labute approximate surface area is 98.3 Å². The molecule has 17 heavy (non-hydrogen) atoms. The number of hydrogen-bond donors (Lipinski definition) is 3. The van der Waals surface area contributed by atoms with E-state index in [9.17, 15) is 4.79 Å². The van der Waals surface area contributed by atoms with E-state index in [4.69, 9.17) is 5.73 Å². The SMILES string of the molecule is CC(NC(=O)c1cn[nH]c1N)c1ccccn1. The molecule has 0 saturated heterocycles. The number of anilines is 1. The van der Waals surface area contributed by atoms with Crippen LogP contribution in [0.3, 0.4) is 0 Å². The number of nitrogens with zero attached hydrogens (tertiary/aromatic N) is 2. The fraction of sp³-hybridized carbons (Fsp3) is 0.182. The van der Waals surface area contributed by atoms with Gasteiger partial charge in [-0.25, -0.2) is 0 Å². The third kappa shape index (κ3) is 2.41. The van der Waals surface area contributed by atoms with Crippen LogP contribution >= 0.6 is 0 Å². The van der Waals surface area contributed by atoms with Crippen molar-refractivity contribution >= 4 is 11.7 Å². The smallest absolute Gasteiger partial charge is 0.257 e. The molecule has 0 aromatic carbocycles. The van der Waals surface area contributed by atoms with Gasteiger partial charge in [-0.2, -0.15) is 5.10 Å². The van der Waals surface area contributed by atoms with Crippen LogP contribution in [0.15, 0.2) is 30.6 Å². The topological polar surface area (TPSA) is 96.7 Å². The highest BCUT2D eigenvalue weighted by atomic mass is 16.1. The summed E-state index contributed by atoms with van der Waals surface area (Å²) in [6, 6.07) is 5.37. The van der Waals surface area contributed by atoms with E-state index < -0.39 is 0 Å². The standard InChI is InChI=1S/C11H13N5O/c1-7(9-4-2-3-5-13-9)15-11(17)8-6-14-16-10(8)12/h2-7H,1H3,(H,15,17)(H3,12,14,16). The summed E-state index contributed by atoms with van der Waals surface area (Å²) in [6.45, 7) is 1.86. The van der Waals surface area contributed by atoms with Crippen molar-refractivity contribution < 1.29 is 4.79 Å². The summed E-state index contributed by atoms with van der Waals surface area (Å²) in [5.74, 6) is -0.00914. The molecular weight excluding hydrogens is 218 g/mol. The first-order valence-electron chi connectivity index (χ1n) is 5.19. The first-order valence-corrected chi connectivity index (χ1v) is 5.19. The van der Waals surface area contributed by atoms with E-state index in [0.717, 1.165) is 5.69 Å². The summed E-state index contributed by atoms with van der Waals surface area (Å²) < 4.78 is 0. The lowest BCUT2D eigenvalue weighted by Gasteiger charge is -2.12. The lowest BCUT2D eigenvalue weighted by Crippen LogP contribution is -2.27. The van der Waals surface area contributed by atoms with E-state index in [0.29, 0.717) is 5.56 Å². The molecular formula is C11H13N5O. The molecule has 1 unspecified atom stereocenters. The maximum Gasteiger partial charge on any atom is 0.257 e. The van der Waals surface area contributed by atoms with Gasteiger partial charge < -0.3 is 11.1 Å². The van der Waals surface area contributed by atoms with Gasteiger partial charge in [-0.3, -0.25) is 14.9 Å². The molecule has 2 rings (SSSR count). The van der Waals surface area contributed by atoms with E-state index in [1.165, 1.54) is 6.20 Å². The Morgan fingerprint density at radius 2 is 2.35 bits per heavy atom. The Kier molecular flexibility index (Phi) is 3.04. The molecule has 0 fully saturated rings. The van der Waals surface area contributed by atoms with Crippen molar-refractivity contribution in [2.24, 2.45) is 0 Å². The highest BCUT2D eigenvalue weighted by Crippen LogP contribution is 2.11. The Morgan fingerprint density at radius 1 is 1.53 bits per heavy atom. The van der Waals surface area contributed by atoms with E-state index in [1.807, 2.05) is 25.1 Å². The van der Waals surface area contributed by atoms with Gasteiger partial charge in [0.25, 0.3) is 5.91 Å². The zero-order valence-corrected chi connectivity index (χ0v) is 9.34. The van der Waals surface area contributed by atoms with Gasteiger partial charge in [0.1, 0.15) is 11.4 Å². The number of nitrogens with two attached hydrogens (primary N) is 1. The molecule has 0 aliphatic rings. The van der Waals surface area contributed by atoms with Gasteiger partial charge in [0.15, 0.2) is 0 Å². The number of H-pyrrole nitrogens is 1. The van der Waals surface area contributed by atoms with Crippen molar-refractivity contribution in [3.05, 3.63) is 41.9 Å².